The van der Waals surface area contributed by atoms with Crippen LogP contribution in [-0.2, 0) is 4.79 Å². The van der Waals surface area contributed by atoms with E-state index in [2.05, 4.69) is 0 Å². The number of hydrogen-bond acceptors (Lipinski definition) is 5. The Kier molecular flexibility index (Phi) is 4.92. The first-order valence-electron chi connectivity index (χ1n) is 4.89. The summed E-state index contributed by atoms with van der Waals surface area (Å²) in [5.41, 5.74) is 0.0306. The SMILES string of the molecule is CC(=O)SCC(O)C(O)c1ccc(F)cc1O. The van der Waals surface area contributed by atoms with Gasteiger partial charge in [0.1, 0.15) is 17.7 Å². The fraction of sp³-hybridized carbons (Fsp3) is 0.364. The minimum atomic E-state index is -1.36. The molecule has 6 heteroatoms. The molecule has 0 aromatic heterocycles. The minimum absolute atomic E-state index is 0.00726. The van der Waals surface area contributed by atoms with Crippen LogP contribution in [0.3, 0.4) is 0 Å². The van der Waals surface area contributed by atoms with Gasteiger partial charge in [0, 0.05) is 24.3 Å². The Balaban J connectivity index is 2.74. The second-order valence-corrected chi connectivity index (χ2v) is 4.71. The summed E-state index contributed by atoms with van der Waals surface area (Å²) in [6.45, 7) is 1.35. The smallest absolute Gasteiger partial charge is 0.185 e. The monoisotopic (exact) mass is 260 g/mol. The van der Waals surface area contributed by atoms with Crippen molar-refractivity contribution in [1.29, 1.82) is 0 Å². The molecule has 1 aromatic carbocycles. The van der Waals surface area contributed by atoms with E-state index >= 15 is 0 Å². The first kappa shape index (κ1) is 14.0. The van der Waals surface area contributed by atoms with Crippen molar-refractivity contribution in [2.24, 2.45) is 0 Å². The van der Waals surface area contributed by atoms with Crippen molar-refractivity contribution in [2.45, 2.75) is 19.1 Å². The molecule has 0 bridgehead atoms. The van der Waals surface area contributed by atoms with E-state index in [1.54, 1.807) is 0 Å². The molecular weight excluding hydrogens is 247 g/mol. The summed E-state index contributed by atoms with van der Waals surface area (Å²) in [4.78, 5) is 10.7. The largest absolute Gasteiger partial charge is 0.507 e. The van der Waals surface area contributed by atoms with Crippen molar-refractivity contribution in [1.82, 2.24) is 0 Å². The lowest BCUT2D eigenvalue weighted by atomic mass is 10.0. The fourth-order valence-corrected chi connectivity index (χ4v) is 1.86. The number of phenolic OH excluding ortho intramolecular Hbond substituents is 1. The van der Waals surface area contributed by atoms with E-state index in [1.165, 1.54) is 13.0 Å². The molecule has 1 aromatic rings. The third-order valence-corrected chi connectivity index (χ3v) is 3.05. The zero-order valence-electron chi connectivity index (χ0n) is 9.13. The van der Waals surface area contributed by atoms with Gasteiger partial charge < -0.3 is 15.3 Å². The highest BCUT2D eigenvalue weighted by molar-refractivity contribution is 8.13. The Labute approximate surface area is 102 Å². The van der Waals surface area contributed by atoms with Crippen molar-refractivity contribution < 1.29 is 24.5 Å². The number of aliphatic hydroxyl groups excluding tert-OH is 2. The molecule has 0 radical (unpaired) electrons. The van der Waals surface area contributed by atoms with E-state index in [0.717, 1.165) is 23.9 Å². The number of halogens is 1. The van der Waals surface area contributed by atoms with Gasteiger partial charge in [0.25, 0.3) is 0 Å². The lowest BCUT2D eigenvalue weighted by molar-refractivity contribution is -0.109. The average Bonchev–Trinajstić information content (AvgIpc) is 2.25. The van der Waals surface area contributed by atoms with E-state index in [4.69, 9.17) is 0 Å². The molecule has 94 valence electrons. The molecule has 3 N–H and O–H groups in total. The van der Waals surface area contributed by atoms with Gasteiger partial charge in [0.15, 0.2) is 5.12 Å². The van der Waals surface area contributed by atoms with Crippen LogP contribution in [0.4, 0.5) is 4.39 Å². The first-order chi connectivity index (χ1) is 7.91. The topological polar surface area (TPSA) is 77.8 Å². The molecule has 2 unspecified atom stereocenters. The number of rotatable bonds is 4. The molecule has 0 fully saturated rings. The summed E-state index contributed by atoms with van der Waals surface area (Å²) >= 11 is 0.867. The van der Waals surface area contributed by atoms with Crippen LogP contribution >= 0.6 is 11.8 Å². The van der Waals surface area contributed by atoms with E-state index in [0.29, 0.717) is 0 Å². The molecule has 0 saturated carbocycles. The van der Waals surface area contributed by atoms with Crippen LogP contribution in [0.15, 0.2) is 18.2 Å². The highest BCUT2D eigenvalue weighted by Gasteiger charge is 2.22. The molecule has 17 heavy (non-hydrogen) atoms. The molecule has 4 nitrogen and oxygen atoms in total. The summed E-state index contributed by atoms with van der Waals surface area (Å²) in [5, 5.41) is 28.5. The van der Waals surface area contributed by atoms with Gasteiger partial charge in [-0.15, -0.1) is 0 Å². The van der Waals surface area contributed by atoms with Gasteiger partial charge in [-0.3, -0.25) is 4.79 Å². The Bertz CT molecular complexity index is 410. The van der Waals surface area contributed by atoms with E-state index in [-0.39, 0.29) is 16.4 Å². The predicted octanol–water partition coefficient (Wildman–Crippen LogP) is 1.21. The molecule has 1 rings (SSSR count). The summed E-state index contributed by atoms with van der Waals surface area (Å²) in [6.07, 6.45) is -2.57. The maximum atomic E-state index is 12.7. The average molecular weight is 260 g/mol. The van der Waals surface area contributed by atoms with Crippen molar-refractivity contribution in [3.05, 3.63) is 29.6 Å². The molecule has 0 aliphatic heterocycles. The van der Waals surface area contributed by atoms with Crippen molar-refractivity contribution in [3.8, 4) is 5.75 Å². The van der Waals surface area contributed by atoms with Gasteiger partial charge >= 0.3 is 0 Å². The van der Waals surface area contributed by atoms with Crippen LogP contribution in [0.25, 0.3) is 0 Å². The Morgan fingerprint density at radius 2 is 2.12 bits per heavy atom. The standard InChI is InChI=1S/C11H13FO4S/c1-6(13)17-5-10(15)11(16)8-3-2-7(12)4-9(8)14/h2-4,10-11,14-16H,5H2,1H3. The molecular formula is C11H13FO4S. The Morgan fingerprint density at radius 1 is 1.47 bits per heavy atom. The zero-order chi connectivity index (χ0) is 13.0. The fourth-order valence-electron chi connectivity index (χ4n) is 1.27. The van der Waals surface area contributed by atoms with Gasteiger partial charge in [-0.1, -0.05) is 11.8 Å². The molecule has 0 amide bonds. The maximum Gasteiger partial charge on any atom is 0.185 e. The lowest BCUT2D eigenvalue weighted by Crippen LogP contribution is -2.21. The van der Waals surface area contributed by atoms with Crippen LogP contribution in [0.5, 0.6) is 5.75 Å². The molecule has 0 spiro atoms. The van der Waals surface area contributed by atoms with E-state index < -0.39 is 23.8 Å². The summed E-state index contributed by atoms with van der Waals surface area (Å²) in [6, 6.07) is 3.11. The van der Waals surface area contributed by atoms with Crippen molar-refractivity contribution in [3.63, 3.8) is 0 Å². The molecule has 2 atom stereocenters. The zero-order valence-corrected chi connectivity index (χ0v) is 9.95. The highest BCUT2D eigenvalue weighted by Crippen LogP contribution is 2.28. The summed E-state index contributed by atoms with van der Waals surface area (Å²) < 4.78 is 12.7. The molecule has 0 saturated heterocycles. The quantitative estimate of drug-likeness (QED) is 0.758. The number of aliphatic hydroxyl groups is 2. The van der Waals surface area contributed by atoms with Gasteiger partial charge in [0.2, 0.25) is 0 Å². The number of thioether (sulfide) groups is 1. The lowest BCUT2D eigenvalue weighted by Gasteiger charge is -2.18. The normalized spacial score (nSPS) is 14.4. The maximum absolute atomic E-state index is 12.7. The molecule has 0 heterocycles. The van der Waals surface area contributed by atoms with Crippen molar-refractivity contribution >= 4 is 16.9 Å². The van der Waals surface area contributed by atoms with Gasteiger partial charge in [0.05, 0.1) is 6.10 Å². The second-order valence-electron chi connectivity index (χ2n) is 3.52. The van der Waals surface area contributed by atoms with Gasteiger partial charge in [-0.05, 0) is 12.1 Å². The van der Waals surface area contributed by atoms with Crippen LogP contribution in [-0.4, -0.2) is 32.3 Å². The first-order valence-corrected chi connectivity index (χ1v) is 5.88. The Hall–Kier alpha value is -1.11. The summed E-state index contributed by atoms with van der Waals surface area (Å²) in [5.74, 6) is -1.05. The Morgan fingerprint density at radius 3 is 2.65 bits per heavy atom. The number of benzene rings is 1. The van der Waals surface area contributed by atoms with Crippen LogP contribution in [0.2, 0.25) is 0 Å². The number of carbonyl (C=O) groups is 1. The third-order valence-electron chi connectivity index (χ3n) is 2.13. The third kappa shape index (κ3) is 3.99. The second kappa shape index (κ2) is 6.00. The van der Waals surface area contributed by atoms with E-state index in [1.807, 2.05) is 0 Å². The van der Waals surface area contributed by atoms with Gasteiger partial charge in [-0.25, -0.2) is 4.39 Å². The van der Waals surface area contributed by atoms with Crippen LogP contribution in [0, 0.1) is 5.82 Å². The number of carbonyl (C=O) groups excluding carboxylic acids is 1. The highest BCUT2D eigenvalue weighted by atomic mass is 32.2. The van der Waals surface area contributed by atoms with Gasteiger partial charge in [-0.2, -0.15) is 0 Å². The van der Waals surface area contributed by atoms with Crippen molar-refractivity contribution in [2.75, 3.05) is 5.75 Å². The summed E-state index contributed by atoms with van der Waals surface area (Å²) in [7, 11) is 0. The van der Waals surface area contributed by atoms with Crippen LogP contribution in [0.1, 0.15) is 18.6 Å². The number of aromatic hydroxyl groups is 1. The van der Waals surface area contributed by atoms with E-state index in [9.17, 15) is 24.5 Å². The number of phenols is 1. The minimum Gasteiger partial charge on any atom is -0.507 e. The predicted molar refractivity (Wildman–Crippen MR) is 62.2 cm³/mol. The van der Waals surface area contributed by atoms with Crippen LogP contribution < -0.4 is 0 Å². The molecule has 0 aliphatic carbocycles. The molecule has 0 aliphatic rings. The number of hydrogen-bond donors (Lipinski definition) is 3.